The first-order valence-corrected chi connectivity index (χ1v) is 6.07. The van der Waals surface area contributed by atoms with Gasteiger partial charge in [0.1, 0.15) is 0 Å². The highest BCUT2D eigenvalue weighted by molar-refractivity contribution is 5.24. The Kier molecular flexibility index (Phi) is 5.43. The van der Waals surface area contributed by atoms with Crippen molar-refractivity contribution in [1.29, 1.82) is 0 Å². The molecule has 90 valence electrons. The topological polar surface area (TPSA) is 42.1 Å². The molecule has 16 heavy (non-hydrogen) atoms. The predicted molar refractivity (Wildman–Crippen MR) is 68.3 cm³/mol. The van der Waals surface area contributed by atoms with Gasteiger partial charge >= 0.3 is 0 Å². The smallest absolute Gasteiger partial charge is 0.0325 e. The van der Waals surface area contributed by atoms with Gasteiger partial charge in [0.2, 0.25) is 0 Å². The van der Waals surface area contributed by atoms with Crippen LogP contribution in [0.4, 0.5) is 0 Å². The van der Waals surface area contributed by atoms with Crippen molar-refractivity contribution < 1.29 is 0 Å². The Hall–Kier alpha value is -0.930. The van der Waals surface area contributed by atoms with Gasteiger partial charge in [-0.15, -0.1) is 0 Å². The molecule has 2 N–H and O–H groups in total. The van der Waals surface area contributed by atoms with Crippen LogP contribution in [0.3, 0.4) is 0 Å². The van der Waals surface area contributed by atoms with Gasteiger partial charge in [0.05, 0.1) is 0 Å². The molecule has 0 aliphatic rings. The summed E-state index contributed by atoms with van der Waals surface area (Å²) in [6, 6.07) is 2.13. The molecule has 1 rings (SSSR count). The fraction of sp³-hybridized carbons (Fsp3) is 0.615. The lowest BCUT2D eigenvalue weighted by atomic mass is 10.0. The largest absolute Gasteiger partial charge is 0.324 e. The van der Waals surface area contributed by atoms with Crippen molar-refractivity contribution in [2.75, 3.05) is 19.6 Å². The zero-order valence-corrected chi connectivity index (χ0v) is 10.6. The third kappa shape index (κ3) is 3.58. The van der Waals surface area contributed by atoms with Gasteiger partial charge in [-0.1, -0.05) is 13.8 Å². The van der Waals surface area contributed by atoms with Crippen LogP contribution in [0.2, 0.25) is 0 Å². The summed E-state index contributed by atoms with van der Waals surface area (Å²) in [7, 11) is 0. The molecule has 1 aromatic heterocycles. The molecule has 0 amide bonds. The summed E-state index contributed by atoms with van der Waals surface area (Å²) in [5.74, 6) is 0. The van der Waals surface area contributed by atoms with Gasteiger partial charge in [0, 0.05) is 18.4 Å². The van der Waals surface area contributed by atoms with Gasteiger partial charge in [0.15, 0.2) is 0 Å². The second-order valence-corrected chi connectivity index (χ2v) is 4.15. The minimum atomic E-state index is 0.106. The Labute approximate surface area is 98.7 Å². The highest BCUT2D eigenvalue weighted by atomic mass is 15.1. The fourth-order valence-corrected chi connectivity index (χ4v) is 1.88. The van der Waals surface area contributed by atoms with E-state index in [1.54, 1.807) is 0 Å². The number of hydrogen-bond donors (Lipinski definition) is 1. The molecule has 0 aliphatic carbocycles. The van der Waals surface area contributed by atoms with Gasteiger partial charge in [-0.25, -0.2) is 0 Å². The first-order chi connectivity index (χ1) is 7.69. The SMILES string of the molecule is CCN(CC)CCC(N)c1cnccc1C. The number of hydrogen-bond acceptors (Lipinski definition) is 3. The molecule has 0 aliphatic heterocycles. The van der Waals surface area contributed by atoms with E-state index in [0.29, 0.717) is 0 Å². The molecule has 0 saturated heterocycles. The molecule has 1 aromatic rings. The molecular weight excluding hydrogens is 198 g/mol. The molecular formula is C13H23N3. The molecule has 0 aromatic carbocycles. The number of nitrogens with two attached hydrogens (primary N) is 1. The molecule has 1 unspecified atom stereocenters. The maximum absolute atomic E-state index is 6.19. The van der Waals surface area contributed by atoms with Crippen molar-refractivity contribution in [2.45, 2.75) is 33.2 Å². The van der Waals surface area contributed by atoms with E-state index in [1.807, 2.05) is 18.5 Å². The Morgan fingerprint density at radius 1 is 1.38 bits per heavy atom. The average molecular weight is 221 g/mol. The lowest BCUT2D eigenvalue weighted by molar-refractivity contribution is 0.290. The molecule has 0 radical (unpaired) electrons. The number of rotatable bonds is 6. The molecule has 0 saturated carbocycles. The third-order valence-corrected chi connectivity index (χ3v) is 3.13. The zero-order valence-electron chi connectivity index (χ0n) is 10.6. The van der Waals surface area contributed by atoms with E-state index in [9.17, 15) is 0 Å². The second kappa shape index (κ2) is 6.61. The van der Waals surface area contributed by atoms with Crippen molar-refractivity contribution in [3.63, 3.8) is 0 Å². The third-order valence-electron chi connectivity index (χ3n) is 3.13. The van der Waals surface area contributed by atoms with Crippen LogP contribution in [-0.4, -0.2) is 29.5 Å². The number of aryl methyl sites for hydroxylation is 1. The summed E-state index contributed by atoms with van der Waals surface area (Å²) < 4.78 is 0. The average Bonchev–Trinajstić information content (AvgIpc) is 2.30. The Morgan fingerprint density at radius 2 is 2.06 bits per heavy atom. The van der Waals surface area contributed by atoms with Crippen molar-refractivity contribution in [3.05, 3.63) is 29.6 Å². The summed E-state index contributed by atoms with van der Waals surface area (Å²) in [6.45, 7) is 9.70. The molecule has 0 spiro atoms. The molecule has 3 heteroatoms. The summed E-state index contributed by atoms with van der Waals surface area (Å²) >= 11 is 0. The van der Waals surface area contributed by atoms with E-state index < -0.39 is 0 Å². The molecule has 1 atom stereocenters. The van der Waals surface area contributed by atoms with Crippen molar-refractivity contribution >= 4 is 0 Å². The van der Waals surface area contributed by atoms with Gasteiger partial charge in [-0.05, 0) is 50.2 Å². The summed E-state index contributed by atoms with van der Waals surface area (Å²) in [5, 5.41) is 0. The quantitative estimate of drug-likeness (QED) is 0.800. The standard InChI is InChI=1S/C13H23N3/c1-4-16(5-2)9-7-13(14)12-10-15-8-6-11(12)3/h6,8,10,13H,4-5,7,9,14H2,1-3H3. The van der Waals surface area contributed by atoms with Crippen molar-refractivity contribution in [1.82, 2.24) is 9.88 Å². The number of pyridine rings is 1. The van der Waals surface area contributed by atoms with Gasteiger partial charge in [-0.2, -0.15) is 0 Å². The van der Waals surface area contributed by atoms with E-state index in [-0.39, 0.29) is 6.04 Å². The van der Waals surface area contributed by atoms with E-state index in [4.69, 9.17) is 5.73 Å². The van der Waals surface area contributed by atoms with Crippen LogP contribution >= 0.6 is 0 Å². The van der Waals surface area contributed by atoms with Crippen LogP contribution in [0, 0.1) is 6.92 Å². The van der Waals surface area contributed by atoms with E-state index in [0.717, 1.165) is 26.1 Å². The van der Waals surface area contributed by atoms with Crippen LogP contribution in [-0.2, 0) is 0 Å². The maximum atomic E-state index is 6.19. The minimum Gasteiger partial charge on any atom is -0.324 e. The summed E-state index contributed by atoms with van der Waals surface area (Å²) in [5.41, 5.74) is 8.60. The molecule has 1 heterocycles. The molecule has 0 fully saturated rings. The van der Waals surface area contributed by atoms with Gasteiger partial charge < -0.3 is 10.6 Å². The molecule has 3 nitrogen and oxygen atoms in total. The highest BCUT2D eigenvalue weighted by Gasteiger charge is 2.10. The minimum absolute atomic E-state index is 0.106. The zero-order chi connectivity index (χ0) is 12.0. The second-order valence-electron chi connectivity index (χ2n) is 4.15. The van der Waals surface area contributed by atoms with Crippen molar-refractivity contribution in [3.8, 4) is 0 Å². The van der Waals surface area contributed by atoms with E-state index in [2.05, 4.69) is 30.7 Å². The highest BCUT2D eigenvalue weighted by Crippen LogP contribution is 2.17. The molecule has 0 bridgehead atoms. The van der Waals surface area contributed by atoms with Gasteiger partial charge in [0.25, 0.3) is 0 Å². The van der Waals surface area contributed by atoms with Crippen LogP contribution < -0.4 is 5.73 Å². The lowest BCUT2D eigenvalue weighted by Gasteiger charge is -2.21. The van der Waals surface area contributed by atoms with Crippen molar-refractivity contribution in [2.24, 2.45) is 5.73 Å². The number of nitrogens with zero attached hydrogens (tertiary/aromatic N) is 2. The van der Waals surface area contributed by atoms with E-state index in [1.165, 1.54) is 11.1 Å². The van der Waals surface area contributed by atoms with E-state index >= 15 is 0 Å². The Bertz CT molecular complexity index is 308. The Morgan fingerprint density at radius 3 is 2.62 bits per heavy atom. The normalized spacial score (nSPS) is 13.1. The predicted octanol–water partition coefficient (Wildman–Crippen LogP) is 2.12. The Balaban J connectivity index is 2.52. The first kappa shape index (κ1) is 13.1. The fourth-order valence-electron chi connectivity index (χ4n) is 1.88. The van der Waals surface area contributed by atoms with Crippen LogP contribution in [0.1, 0.15) is 37.4 Å². The lowest BCUT2D eigenvalue weighted by Crippen LogP contribution is -2.27. The van der Waals surface area contributed by atoms with Gasteiger partial charge in [-0.3, -0.25) is 4.98 Å². The van der Waals surface area contributed by atoms with Crippen LogP contribution in [0.25, 0.3) is 0 Å². The summed E-state index contributed by atoms with van der Waals surface area (Å²) in [6.07, 6.45) is 4.70. The van der Waals surface area contributed by atoms with Crippen LogP contribution in [0.5, 0.6) is 0 Å². The number of aromatic nitrogens is 1. The van der Waals surface area contributed by atoms with Crippen LogP contribution in [0.15, 0.2) is 18.5 Å². The monoisotopic (exact) mass is 221 g/mol. The summed E-state index contributed by atoms with van der Waals surface area (Å²) in [4.78, 5) is 6.53. The maximum Gasteiger partial charge on any atom is 0.0325 e. The first-order valence-electron chi connectivity index (χ1n) is 6.07.